The van der Waals surface area contributed by atoms with Crippen molar-refractivity contribution in [3.8, 4) is 5.75 Å². The lowest BCUT2D eigenvalue weighted by Gasteiger charge is -2.35. The number of carbonyl (C=O) groups is 1. The Kier molecular flexibility index (Phi) is 6.70. The Bertz CT molecular complexity index is 531. The van der Waals surface area contributed by atoms with Crippen LogP contribution in [0.5, 0.6) is 5.75 Å². The van der Waals surface area contributed by atoms with Crippen LogP contribution in [0.1, 0.15) is 18.4 Å². The van der Waals surface area contributed by atoms with Gasteiger partial charge in [-0.05, 0) is 50.0 Å². The van der Waals surface area contributed by atoms with Gasteiger partial charge in [0.1, 0.15) is 5.75 Å². The Balaban J connectivity index is 0.00000264. The van der Waals surface area contributed by atoms with E-state index in [0.29, 0.717) is 37.9 Å². The van der Waals surface area contributed by atoms with Crippen LogP contribution in [0.2, 0.25) is 0 Å². The molecule has 2 rings (SSSR count). The number of benzene rings is 1. The Morgan fingerprint density at radius 1 is 1.30 bits per heavy atom. The van der Waals surface area contributed by atoms with E-state index in [4.69, 9.17) is 4.74 Å². The molecule has 130 valence electrons. The highest BCUT2D eigenvalue weighted by Gasteiger charge is 2.40. The van der Waals surface area contributed by atoms with Crippen LogP contribution in [0.25, 0.3) is 0 Å². The Morgan fingerprint density at radius 2 is 1.96 bits per heavy atom. The number of alkyl halides is 3. The summed E-state index contributed by atoms with van der Waals surface area (Å²) >= 11 is 0. The van der Waals surface area contributed by atoms with Crippen LogP contribution in [0.4, 0.5) is 13.2 Å². The van der Waals surface area contributed by atoms with Gasteiger partial charge in [-0.25, -0.2) is 0 Å². The average molecular weight is 354 g/mol. The van der Waals surface area contributed by atoms with Crippen molar-refractivity contribution >= 4 is 18.4 Å². The number of esters is 1. The molecule has 0 radical (unpaired) electrons. The molecule has 1 heterocycles. The minimum atomic E-state index is -4.73. The van der Waals surface area contributed by atoms with Crippen LogP contribution in [0.15, 0.2) is 24.3 Å². The van der Waals surface area contributed by atoms with Crippen molar-refractivity contribution in [3.05, 3.63) is 29.8 Å². The molecule has 1 aromatic carbocycles. The van der Waals surface area contributed by atoms with E-state index in [2.05, 4.69) is 10.1 Å². The summed E-state index contributed by atoms with van der Waals surface area (Å²) < 4.78 is 45.7. The highest BCUT2D eigenvalue weighted by molar-refractivity contribution is 5.85. The van der Waals surface area contributed by atoms with Gasteiger partial charge in [0, 0.05) is 0 Å². The third-order valence-electron chi connectivity index (χ3n) is 3.85. The number of hydrogen-bond acceptors (Lipinski definition) is 4. The van der Waals surface area contributed by atoms with Gasteiger partial charge in [-0.3, -0.25) is 4.79 Å². The van der Waals surface area contributed by atoms with Gasteiger partial charge in [0.15, 0.2) is 0 Å². The van der Waals surface area contributed by atoms with Gasteiger partial charge >= 0.3 is 12.3 Å². The van der Waals surface area contributed by atoms with Crippen molar-refractivity contribution in [2.75, 3.05) is 20.2 Å². The van der Waals surface area contributed by atoms with Gasteiger partial charge in [-0.1, -0.05) is 12.1 Å². The SMILES string of the molecule is COC(=O)C1(Cc2cccc(OC(F)(F)F)c2)CCNCC1.Cl. The van der Waals surface area contributed by atoms with Crippen molar-refractivity contribution in [3.63, 3.8) is 0 Å². The van der Waals surface area contributed by atoms with E-state index < -0.39 is 11.8 Å². The first-order chi connectivity index (χ1) is 10.3. The zero-order valence-electron chi connectivity index (χ0n) is 12.6. The molecule has 23 heavy (non-hydrogen) atoms. The molecule has 0 aliphatic carbocycles. The quantitative estimate of drug-likeness (QED) is 0.845. The number of nitrogens with one attached hydrogen (secondary N) is 1. The zero-order chi connectivity index (χ0) is 16.2. The second-order valence-corrected chi connectivity index (χ2v) is 5.39. The fourth-order valence-corrected chi connectivity index (χ4v) is 2.82. The van der Waals surface area contributed by atoms with E-state index in [0.717, 1.165) is 0 Å². The molecule has 0 atom stereocenters. The van der Waals surface area contributed by atoms with Gasteiger partial charge in [-0.15, -0.1) is 25.6 Å². The predicted molar refractivity (Wildman–Crippen MR) is 80.6 cm³/mol. The molecule has 0 bridgehead atoms. The lowest BCUT2D eigenvalue weighted by Crippen LogP contribution is -2.44. The summed E-state index contributed by atoms with van der Waals surface area (Å²) in [6.07, 6.45) is -3.22. The van der Waals surface area contributed by atoms with Gasteiger partial charge in [0.2, 0.25) is 0 Å². The zero-order valence-corrected chi connectivity index (χ0v) is 13.4. The Hall–Kier alpha value is -1.47. The highest BCUT2D eigenvalue weighted by atomic mass is 35.5. The molecule has 1 saturated heterocycles. The molecule has 0 saturated carbocycles. The highest BCUT2D eigenvalue weighted by Crippen LogP contribution is 2.35. The van der Waals surface area contributed by atoms with Crippen molar-refractivity contribution < 1.29 is 27.4 Å². The first kappa shape index (κ1) is 19.6. The molecule has 1 fully saturated rings. The lowest BCUT2D eigenvalue weighted by molar-refractivity contribution is -0.274. The maximum absolute atomic E-state index is 12.3. The van der Waals surface area contributed by atoms with Crippen molar-refractivity contribution in [2.24, 2.45) is 5.41 Å². The number of carbonyl (C=O) groups excluding carboxylic acids is 1. The second kappa shape index (κ2) is 7.88. The monoisotopic (exact) mass is 353 g/mol. The van der Waals surface area contributed by atoms with Crippen molar-refractivity contribution in [1.82, 2.24) is 5.32 Å². The molecule has 0 unspecified atom stereocenters. The van der Waals surface area contributed by atoms with Gasteiger partial charge in [0.05, 0.1) is 12.5 Å². The van der Waals surface area contributed by atoms with E-state index in [1.165, 1.54) is 25.3 Å². The average Bonchev–Trinajstić information content (AvgIpc) is 2.46. The van der Waals surface area contributed by atoms with Crippen LogP contribution in [-0.2, 0) is 16.0 Å². The number of piperidine rings is 1. The summed E-state index contributed by atoms with van der Waals surface area (Å²) in [4.78, 5) is 12.1. The van der Waals surface area contributed by atoms with Gasteiger partial charge in [-0.2, -0.15) is 0 Å². The third-order valence-corrected chi connectivity index (χ3v) is 3.85. The van der Waals surface area contributed by atoms with E-state index in [1.54, 1.807) is 6.07 Å². The smallest absolute Gasteiger partial charge is 0.469 e. The van der Waals surface area contributed by atoms with E-state index >= 15 is 0 Å². The molecule has 1 N–H and O–H groups in total. The third kappa shape index (κ3) is 5.28. The number of halogens is 4. The fraction of sp³-hybridized carbons (Fsp3) is 0.533. The maximum atomic E-state index is 12.3. The van der Waals surface area contributed by atoms with E-state index in [1.807, 2.05) is 0 Å². The van der Waals surface area contributed by atoms with Crippen LogP contribution >= 0.6 is 12.4 Å². The predicted octanol–water partition coefficient (Wildman–Crippen LogP) is 3.09. The molecule has 0 aromatic heterocycles. The molecule has 0 amide bonds. The first-order valence-corrected chi connectivity index (χ1v) is 6.98. The Morgan fingerprint density at radius 3 is 2.52 bits per heavy atom. The fourth-order valence-electron chi connectivity index (χ4n) is 2.82. The molecule has 4 nitrogen and oxygen atoms in total. The van der Waals surface area contributed by atoms with Crippen LogP contribution in [0, 0.1) is 5.41 Å². The molecule has 0 spiro atoms. The summed E-state index contributed by atoms with van der Waals surface area (Å²) in [5, 5.41) is 3.17. The molecule has 1 aliphatic rings. The number of methoxy groups -OCH3 is 1. The normalized spacial score (nSPS) is 17.0. The summed E-state index contributed by atoms with van der Waals surface area (Å²) in [6.45, 7) is 1.35. The van der Waals surface area contributed by atoms with Gasteiger partial charge in [0.25, 0.3) is 0 Å². The van der Waals surface area contributed by atoms with Crippen LogP contribution in [0.3, 0.4) is 0 Å². The van der Waals surface area contributed by atoms with Crippen molar-refractivity contribution in [1.29, 1.82) is 0 Å². The van der Waals surface area contributed by atoms with Gasteiger partial charge < -0.3 is 14.8 Å². The molecule has 1 aromatic rings. The summed E-state index contributed by atoms with van der Waals surface area (Å²) in [5.74, 6) is -0.602. The molecular formula is C15H19ClF3NO3. The standard InChI is InChI=1S/C15H18F3NO3.ClH/c1-21-13(20)14(5-7-19-8-6-14)10-11-3-2-4-12(9-11)22-15(16,17)18;/h2-4,9,19H,5-8,10H2,1H3;1H. The molecular weight excluding hydrogens is 335 g/mol. The van der Waals surface area contributed by atoms with Crippen molar-refractivity contribution in [2.45, 2.75) is 25.6 Å². The Labute approximate surface area is 138 Å². The molecule has 8 heteroatoms. The summed E-state index contributed by atoms with van der Waals surface area (Å²) in [5.41, 5.74) is -0.0781. The maximum Gasteiger partial charge on any atom is 0.573 e. The second-order valence-electron chi connectivity index (χ2n) is 5.39. The van der Waals surface area contributed by atoms with E-state index in [9.17, 15) is 18.0 Å². The number of ether oxygens (including phenoxy) is 2. The minimum absolute atomic E-state index is 0. The number of hydrogen-bond donors (Lipinski definition) is 1. The lowest BCUT2D eigenvalue weighted by atomic mass is 9.74. The largest absolute Gasteiger partial charge is 0.573 e. The topological polar surface area (TPSA) is 47.6 Å². The van der Waals surface area contributed by atoms with E-state index in [-0.39, 0.29) is 24.1 Å². The first-order valence-electron chi connectivity index (χ1n) is 6.98. The minimum Gasteiger partial charge on any atom is -0.469 e. The van der Waals surface area contributed by atoms with Crippen LogP contribution in [-0.4, -0.2) is 32.5 Å². The number of rotatable bonds is 4. The summed E-state index contributed by atoms with van der Waals surface area (Å²) in [7, 11) is 1.33. The molecule has 1 aliphatic heterocycles. The van der Waals surface area contributed by atoms with Crippen LogP contribution < -0.4 is 10.1 Å². The summed E-state index contributed by atoms with van der Waals surface area (Å²) in [6, 6.07) is 5.74.